The molecule has 30 heavy (non-hydrogen) atoms. The van der Waals surface area contributed by atoms with Gasteiger partial charge in [-0.05, 0) is 40.8 Å². The summed E-state index contributed by atoms with van der Waals surface area (Å²) in [6, 6.07) is 29.8. The van der Waals surface area contributed by atoms with Gasteiger partial charge in [-0.3, -0.25) is 4.57 Å². The molecule has 0 fully saturated rings. The molecule has 6 rings (SSSR count). The first-order valence-electron chi connectivity index (χ1n) is 9.92. The molecule has 142 valence electrons. The summed E-state index contributed by atoms with van der Waals surface area (Å²) in [5.74, 6) is 0.886. The maximum absolute atomic E-state index is 4.55. The lowest BCUT2D eigenvalue weighted by Crippen LogP contribution is -1.93. The van der Waals surface area contributed by atoms with E-state index in [-0.39, 0.29) is 0 Å². The lowest BCUT2D eigenvalue weighted by atomic mass is 9.99. The molecule has 0 bridgehead atoms. The average molecular weight is 386 g/mol. The maximum Gasteiger partial charge on any atom is 0.137 e. The Hall–Kier alpha value is -4.18. The number of imidazole rings is 2. The highest BCUT2D eigenvalue weighted by Gasteiger charge is 2.09. The Kier molecular flexibility index (Phi) is 3.74. The van der Waals surface area contributed by atoms with Crippen molar-refractivity contribution in [2.45, 2.75) is 0 Å². The Balaban J connectivity index is 1.43. The Bertz CT molecular complexity index is 1480. The van der Waals surface area contributed by atoms with Gasteiger partial charge in [0.15, 0.2) is 0 Å². The molecule has 4 heteroatoms. The molecule has 1 N–H and O–H groups in total. The zero-order valence-corrected chi connectivity index (χ0v) is 16.2. The van der Waals surface area contributed by atoms with Crippen LogP contribution in [0.2, 0.25) is 0 Å². The lowest BCUT2D eigenvalue weighted by molar-refractivity contribution is 1.11. The van der Waals surface area contributed by atoms with Crippen LogP contribution in [0, 0.1) is 0 Å². The fraction of sp³-hybridized carbons (Fsp3) is 0. The van der Waals surface area contributed by atoms with Crippen molar-refractivity contribution in [3.05, 3.63) is 104 Å². The van der Waals surface area contributed by atoms with Gasteiger partial charge in [-0.15, -0.1) is 0 Å². The molecule has 0 spiro atoms. The molecular weight excluding hydrogens is 368 g/mol. The minimum Gasteiger partial charge on any atom is -0.345 e. The summed E-state index contributed by atoms with van der Waals surface area (Å²) in [4.78, 5) is 12.0. The van der Waals surface area contributed by atoms with Crippen molar-refractivity contribution < 1.29 is 0 Å². The van der Waals surface area contributed by atoms with Crippen LogP contribution in [-0.4, -0.2) is 19.5 Å². The van der Waals surface area contributed by atoms with Gasteiger partial charge in [0.2, 0.25) is 0 Å². The molecule has 0 unspecified atom stereocenters. The number of nitrogens with one attached hydrogen (secondary N) is 1. The second-order valence-electron chi connectivity index (χ2n) is 7.33. The third-order valence-electron chi connectivity index (χ3n) is 5.56. The Morgan fingerprint density at radius 1 is 0.700 bits per heavy atom. The molecule has 0 aliphatic heterocycles. The molecule has 0 saturated carbocycles. The number of rotatable bonds is 3. The molecule has 0 saturated heterocycles. The number of hydrogen-bond acceptors (Lipinski definition) is 2. The van der Waals surface area contributed by atoms with Gasteiger partial charge >= 0.3 is 0 Å². The van der Waals surface area contributed by atoms with Crippen LogP contribution in [0.3, 0.4) is 0 Å². The number of para-hydroxylation sites is 2. The van der Waals surface area contributed by atoms with E-state index < -0.39 is 0 Å². The van der Waals surface area contributed by atoms with Gasteiger partial charge in [0, 0.05) is 23.3 Å². The first kappa shape index (κ1) is 16.7. The molecule has 2 aromatic heterocycles. The van der Waals surface area contributed by atoms with Crippen LogP contribution in [0.25, 0.3) is 50.0 Å². The van der Waals surface area contributed by atoms with Gasteiger partial charge in [-0.25, -0.2) is 9.97 Å². The van der Waals surface area contributed by atoms with E-state index in [2.05, 4.69) is 92.3 Å². The number of aromatic nitrogens is 4. The molecule has 2 heterocycles. The fourth-order valence-corrected chi connectivity index (χ4v) is 4.05. The maximum atomic E-state index is 4.55. The third kappa shape index (κ3) is 2.70. The number of benzene rings is 4. The molecule has 0 radical (unpaired) electrons. The molecule has 4 aromatic carbocycles. The Morgan fingerprint density at radius 2 is 1.53 bits per heavy atom. The van der Waals surface area contributed by atoms with Gasteiger partial charge < -0.3 is 4.98 Å². The van der Waals surface area contributed by atoms with Gasteiger partial charge in [0.25, 0.3) is 0 Å². The first-order chi connectivity index (χ1) is 14.9. The van der Waals surface area contributed by atoms with Crippen LogP contribution in [0.15, 0.2) is 104 Å². The minimum atomic E-state index is 0.886. The van der Waals surface area contributed by atoms with E-state index in [0.29, 0.717) is 0 Å². The van der Waals surface area contributed by atoms with E-state index in [1.54, 1.807) is 6.20 Å². The van der Waals surface area contributed by atoms with E-state index >= 15 is 0 Å². The predicted octanol–water partition coefficient (Wildman–Crippen LogP) is 6.24. The van der Waals surface area contributed by atoms with Crippen LogP contribution in [0.5, 0.6) is 0 Å². The van der Waals surface area contributed by atoms with Gasteiger partial charge in [-0.2, -0.15) is 0 Å². The molecule has 0 aliphatic rings. The lowest BCUT2D eigenvalue weighted by Gasteiger charge is -2.11. The molecule has 6 aromatic rings. The van der Waals surface area contributed by atoms with Gasteiger partial charge in [0.05, 0.1) is 16.7 Å². The smallest absolute Gasteiger partial charge is 0.137 e. The van der Waals surface area contributed by atoms with Crippen molar-refractivity contribution in [1.29, 1.82) is 0 Å². The second-order valence-corrected chi connectivity index (χ2v) is 7.33. The third-order valence-corrected chi connectivity index (χ3v) is 5.56. The summed E-state index contributed by atoms with van der Waals surface area (Å²) in [5, 5.41) is 2.41. The molecule has 0 aliphatic carbocycles. The number of fused-ring (bicyclic) bond motifs is 2. The number of H-pyrrole nitrogens is 1. The second kappa shape index (κ2) is 6.71. The highest BCUT2D eigenvalue weighted by molar-refractivity contribution is 5.95. The van der Waals surface area contributed by atoms with Gasteiger partial charge in [0.1, 0.15) is 12.2 Å². The number of nitrogens with zero attached hydrogens (tertiary/aromatic N) is 3. The van der Waals surface area contributed by atoms with Crippen molar-refractivity contribution >= 4 is 21.8 Å². The van der Waals surface area contributed by atoms with Crippen molar-refractivity contribution in [3.8, 4) is 28.2 Å². The molecular formula is C26H18N4. The van der Waals surface area contributed by atoms with E-state index in [1.807, 2.05) is 24.7 Å². The van der Waals surface area contributed by atoms with Crippen molar-refractivity contribution in [3.63, 3.8) is 0 Å². The van der Waals surface area contributed by atoms with E-state index in [4.69, 9.17) is 0 Å². The van der Waals surface area contributed by atoms with E-state index in [0.717, 1.165) is 28.1 Å². The van der Waals surface area contributed by atoms with Gasteiger partial charge in [-0.1, -0.05) is 60.7 Å². The van der Waals surface area contributed by atoms with E-state index in [9.17, 15) is 0 Å². The standard InChI is InChI=1S/C26H18N4/c1-2-6-25-23(5-1)29-17-30(25)24-7-3-4-21-16-20(12-13-22(21)24)18-8-10-19(11-9-18)26-27-14-15-28-26/h1-17H,(H,27,28). The van der Waals surface area contributed by atoms with Crippen LogP contribution in [0.1, 0.15) is 0 Å². The van der Waals surface area contributed by atoms with E-state index in [1.165, 1.54) is 21.9 Å². The summed E-state index contributed by atoms with van der Waals surface area (Å²) in [5.41, 5.74) is 6.72. The predicted molar refractivity (Wildman–Crippen MR) is 122 cm³/mol. The highest BCUT2D eigenvalue weighted by Crippen LogP contribution is 2.30. The average Bonchev–Trinajstić information content (AvgIpc) is 3.49. The van der Waals surface area contributed by atoms with Crippen molar-refractivity contribution in [1.82, 2.24) is 19.5 Å². The first-order valence-corrected chi connectivity index (χ1v) is 9.92. The fourth-order valence-electron chi connectivity index (χ4n) is 4.05. The SMILES string of the molecule is c1cc(-n2cnc3ccccc32)c2ccc(-c3ccc(-c4ncc[nH]4)cc3)cc2c1. The monoisotopic (exact) mass is 386 g/mol. The zero-order chi connectivity index (χ0) is 19.9. The highest BCUT2D eigenvalue weighted by atomic mass is 15.0. The summed E-state index contributed by atoms with van der Waals surface area (Å²) >= 11 is 0. The summed E-state index contributed by atoms with van der Waals surface area (Å²) in [6.45, 7) is 0. The quantitative estimate of drug-likeness (QED) is 0.391. The molecule has 0 amide bonds. The van der Waals surface area contributed by atoms with Crippen molar-refractivity contribution in [2.24, 2.45) is 0 Å². The van der Waals surface area contributed by atoms with Crippen LogP contribution in [0.4, 0.5) is 0 Å². The topological polar surface area (TPSA) is 46.5 Å². The normalized spacial score (nSPS) is 11.3. The minimum absolute atomic E-state index is 0.886. The Labute approximate surface area is 173 Å². The zero-order valence-electron chi connectivity index (χ0n) is 16.2. The largest absolute Gasteiger partial charge is 0.345 e. The van der Waals surface area contributed by atoms with Crippen LogP contribution < -0.4 is 0 Å². The number of hydrogen-bond donors (Lipinski definition) is 1. The summed E-state index contributed by atoms with van der Waals surface area (Å²) in [6.07, 6.45) is 5.52. The van der Waals surface area contributed by atoms with Crippen LogP contribution in [-0.2, 0) is 0 Å². The number of aromatic amines is 1. The molecule has 0 atom stereocenters. The molecule has 4 nitrogen and oxygen atoms in total. The Morgan fingerprint density at radius 3 is 2.40 bits per heavy atom. The van der Waals surface area contributed by atoms with Crippen LogP contribution >= 0.6 is 0 Å². The summed E-state index contributed by atoms with van der Waals surface area (Å²) < 4.78 is 2.16. The van der Waals surface area contributed by atoms with Crippen molar-refractivity contribution in [2.75, 3.05) is 0 Å². The summed E-state index contributed by atoms with van der Waals surface area (Å²) in [7, 11) is 0.